The Labute approximate surface area is 104 Å². The number of sulfone groups is 1. The molecule has 6 nitrogen and oxygen atoms in total. The number of fused-ring (bicyclic) bond motifs is 1. The number of aromatic nitrogens is 3. The van der Waals surface area contributed by atoms with Crippen LogP contribution in [0.5, 0.6) is 0 Å². The normalized spacial score (nSPS) is 22.3. The van der Waals surface area contributed by atoms with E-state index in [4.69, 9.17) is 0 Å². The van der Waals surface area contributed by atoms with Crippen LogP contribution >= 0.6 is 0 Å². The molecule has 0 N–H and O–H groups in total. The number of pyridine rings is 1. The van der Waals surface area contributed by atoms with Gasteiger partial charge in [0.2, 0.25) is 0 Å². The van der Waals surface area contributed by atoms with Crippen LogP contribution in [0.2, 0.25) is 0 Å². The summed E-state index contributed by atoms with van der Waals surface area (Å²) in [7, 11) is -2.94. The van der Waals surface area contributed by atoms with Crippen LogP contribution in [0.1, 0.15) is 28.5 Å². The van der Waals surface area contributed by atoms with Gasteiger partial charge in [0.25, 0.3) is 0 Å². The lowest BCUT2D eigenvalue weighted by Gasteiger charge is -1.98. The van der Waals surface area contributed by atoms with E-state index in [9.17, 15) is 13.2 Å². The molecule has 0 bridgehead atoms. The van der Waals surface area contributed by atoms with Gasteiger partial charge in [-0.15, -0.1) is 0 Å². The fourth-order valence-corrected chi connectivity index (χ4v) is 3.90. The van der Waals surface area contributed by atoms with Gasteiger partial charge in [-0.2, -0.15) is 5.10 Å². The van der Waals surface area contributed by atoms with Gasteiger partial charge < -0.3 is 0 Å². The van der Waals surface area contributed by atoms with Gasteiger partial charge in [-0.1, -0.05) is 0 Å². The van der Waals surface area contributed by atoms with Crippen LogP contribution in [0.3, 0.4) is 0 Å². The van der Waals surface area contributed by atoms with Gasteiger partial charge in [0.05, 0.1) is 11.5 Å². The molecule has 1 unspecified atom stereocenters. The van der Waals surface area contributed by atoms with Gasteiger partial charge in [-0.05, 0) is 18.6 Å². The summed E-state index contributed by atoms with van der Waals surface area (Å²) in [6.45, 7) is 0. The first-order valence-corrected chi connectivity index (χ1v) is 7.41. The molecule has 0 radical (unpaired) electrons. The molecular weight excluding hydrogens is 254 g/mol. The number of rotatable bonds is 2. The van der Waals surface area contributed by atoms with E-state index in [1.54, 1.807) is 22.8 Å². The summed E-state index contributed by atoms with van der Waals surface area (Å²) in [6.07, 6.45) is 2.97. The molecule has 2 aromatic heterocycles. The minimum Gasteiger partial charge on any atom is -0.298 e. The number of aldehydes is 1. The predicted octanol–water partition coefficient (Wildman–Crippen LogP) is 0.444. The largest absolute Gasteiger partial charge is 0.298 e. The number of hydrogen-bond acceptors (Lipinski definition) is 5. The van der Waals surface area contributed by atoms with Crippen LogP contribution in [0, 0.1) is 0 Å². The van der Waals surface area contributed by atoms with Gasteiger partial charge in [0, 0.05) is 17.7 Å². The molecular formula is C11H11N3O3S. The minimum atomic E-state index is -2.94. The van der Waals surface area contributed by atoms with Crippen LogP contribution in [0.4, 0.5) is 0 Å². The first-order valence-electron chi connectivity index (χ1n) is 5.59. The summed E-state index contributed by atoms with van der Waals surface area (Å²) in [5, 5.41) is 4.26. The van der Waals surface area contributed by atoms with Crippen molar-refractivity contribution in [2.45, 2.75) is 12.3 Å². The topological polar surface area (TPSA) is 81.4 Å². The van der Waals surface area contributed by atoms with Crippen molar-refractivity contribution in [1.29, 1.82) is 0 Å². The lowest BCUT2D eigenvalue weighted by molar-refractivity contribution is 0.112. The molecule has 0 amide bonds. The zero-order chi connectivity index (χ0) is 12.8. The lowest BCUT2D eigenvalue weighted by atomic mass is 10.1. The van der Waals surface area contributed by atoms with Crippen LogP contribution in [-0.2, 0) is 9.84 Å². The van der Waals surface area contributed by atoms with Gasteiger partial charge in [0.1, 0.15) is 6.29 Å². The number of hydrogen-bond donors (Lipinski definition) is 0. The van der Waals surface area contributed by atoms with Crippen LogP contribution in [0.25, 0.3) is 5.65 Å². The van der Waals surface area contributed by atoms with Gasteiger partial charge in [-0.3, -0.25) is 4.79 Å². The lowest BCUT2D eigenvalue weighted by Crippen LogP contribution is -2.05. The van der Waals surface area contributed by atoms with E-state index in [1.807, 2.05) is 0 Å². The van der Waals surface area contributed by atoms with Crippen molar-refractivity contribution >= 4 is 21.8 Å². The minimum absolute atomic E-state index is 0.115. The summed E-state index contributed by atoms with van der Waals surface area (Å²) in [4.78, 5) is 15.0. The van der Waals surface area contributed by atoms with E-state index in [0.29, 0.717) is 23.5 Å². The predicted molar refractivity (Wildman–Crippen MR) is 64.4 cm³/mol. The van der Waals surface area contributed by atoms with E-state index < -0.39 is 9.84 Å². The maximum Gasteiger partial charge on any atom is 0.156 e. The Hall–Kier alpha value is -1.76. The Morgan fingerprint density at radius 3 is 2.94 bits per heavy atom. The van der Waals surface area contributed by atoms with E-state index in [-0.39, 0.29) is 17.4 Å². The van der Waals surface area contributed by atoms with Crippen molar-refractivity contribution in [1.82, 2.24) is 14.6 Å². The molecule has 1 aliphatic rings. The molecule has 94 valence electrons. The first-order chi connectivity index (χ1) is 8.57. The average Bonchev–Trinajstić information content (AvgIpc) is 2.90. The molecule has 0 spiro atoms. The standard InChI is InChI=1S/C11H11N3O3S/c15-6-8-1-3-14-10(5-8)12-11(13-14)9-2-4-18(16,17)7-9/h1,3,5-6,9H,2,4,7H2. The Kier molecular flexibility index (Phi) is 2.44. The molecule has 0 aliphatic carbocycles. The molecule has 1 saturated heterocycles. The van der Waals surface area contributed by atoms with Crippen LogP contribution < -0.4 is 0 Å². The monoisotopic (exact) mass is 265 g/mol. The third kappa shape index (κ3) is 1.90. The molecule has 7 heteroatoms. The molecule has 2 aromatic rings. The Morgan fingerprint density at radius 1 is 1.44 bits per heavy atom. The maximum absolute atomic E-state index is 11.4. The zero-order valence-electron chi connectivity index (χ0n) is 9.48. The van der Waals surface area contributed by atoms with Crippen molar-refractivity contribution in [2.24, 2.45) is 0 Å². The van der Waals surface area contributed by atoms with Gasteiger partial charge in [-0.25, -0.2) is 17.9 Å². The van der Waals surface area contributed by atoms with Gasteiger partial charge >= 0.3 is 0 Å². The summed E-state index contributed by atoms with van der Waals surface area (Å²) >= 11 is 0. The number of carbonyl (C=O) groups excluding carboxylic acids is 1. The molecule has 3 heterocycles. The Bertz CT molecular complexity index is 720. The van der Waals surface area contributed by atoms with Gasteiger partial charge in [0.15, 0.2) is 21.3 Å². The maximum atomic E-state index is 11.4. The summed E-state index contributed by atoms with van der Waals surface area (Å²) < 4.78 is 24.4. The summed E-state index contributed by atoms with van der Waals surface area (Å²) in [5.41, 5.74) is 1.10. The average molecular weight is 265 g/mol. The Balaban J connectivity index is 2.01. The smallest absolute Gasteiger partial charge is 0.156 e. The van der Waals surface area contributed by atoms with E-state index >= 15 is 0 Å². The first kappa shape index (κ1) is 11.3. The molecule has 3 rings (SSSR count). The Morgan fingerprint density at radius 2 is 2.28 bits per heavy atom. The molecule has 0 aromatic carbocycles. The van der Waals surface area contributed by atoms with Crippen molar-refractivity contribution < 1.29 is 13.2 Å². The fourth-order valence-electron chi connectivity index (χ4n) is 2.16. The second kappa shape index (κ2) is 3.88. The van der Waals surface area contributed by atoms with E-state index in [0.717, 1.165) is 6.29 Å². The van der Waals surface area contributed by atoms with Crippen LogP contribution in [0.15, 0.2) is 18.3 Å². The highest BCUT2D eigenvalue weighted by molar-refractivity contribution is 7.91. The fraction of sp³-hybridized carbons (Fsp3) is 0.364. The quantitative estimate of drug-likeness (QED) is 0.736. The second-order valence-corrected chi connectivity index (χ2v) is 6.68. The SMILES string of the molecule is O=Cc1ccn2nc(C3CCS(=O)(=O)C3)nc2c1. The van der Waals surface area contributed by atoms with Crippen molar-refractivity contribution in [3.05, 3.63) is 29.7 Å². The number of nitrogens with zero attached hydrogens (tertiary/aromatic N) is 3. The highest BCUT2D eigenvalue weighted by Crippen LogP contribution is 2.26. The zero-order valence-corrected chi connectivity index (χ0v) is 10.3. The summed E-state index contributed by atoms with van der Waals surface area (Å²) in [5.74, 6) is 0.728. The molecule has 1 aliphatic heterocycles. The van der Waals surface area contributed by atoms with E-state index in [2.05, 4.69) is 10.1 Å². The molecule has 1 atom stereocenters. The van der Waals surface area contributed by atoms with E-state index in [1.165, 1.54) is 0 Å². The second-order valence-electron chi connectivity index (χ2n) is 4.45. The molecule has 18 heavy (non-hydrogen) atoms. The van der Waals surface area contributed by atoms with Crippen molar-refractivity contribution in [3.8, 4) is 0 Å². The number of carbonyl (C=O) groups is 1. The summed E-state index contributed by atoms with van der Waals surface area (Å²) in [6, 6.07) is 3.27. The van der Waals surface area contributed by atoms with Crippen molar-refractivity contribution in [3.63, 3.8) is 0 Å². The van der Waals surface area contributed by atoms with Crippen molar-refractivity contribution in [2.75, 3.05) is 11.5 Å². The van der Waals surface area contributed by atoms with Crippen LogP contribution in [-0.4, -0.2) is 40.8 Å². The highest BCUT2D eigenvalue weighted by Gasteiger charge is 2.31. The molecule has 1 fully saturated rings. The third-order valence-electron chi connectivity index (χ3n) is 3.11. The molecule has 0 saturated carbocycles. The highest BCUT2D eigenvalue weighted by atomic mass is 32.2. The third-order valence-corrected chi connectivity index (χ3v) is 4.88.